The maximum Gasteiger partial charge on any atom is 0.353 e. The van der Waals surface area contributed by atoms with E-state index in [2.05, 4.69) is 4.74 Å². The van der Waals surface area contributed by atoms with Gasteiger partial charge in [-0.2, -0.15) is 0 Å². The second kappa shape index (κ2) is 4.78. The summed E-state index contributed by atoms with van der Waals surface area (Å²) in [6, 6.07) is 6.14. The van der Waals surface area contributed by atoms with Gasteiger partial charge in [0.1, 0.15) is 9.94 Å². The summed E-state index contributed by atoms with van der Waals surface area (Å²) in [5.74, 6) is -0.878. The van der Waals surface area contributed by atoms with E-state index in [1.807, 2.05) is 0 Å². The van der Waals surface area contributed by atoms with Gasteiger partial charge in [-0.05, 0) is 24.3 Å². The molecular weight excluding hydrogens is 287 g/mol. The molecule has 1 aromatic rings. The SMILES string of the molecule is O=C1O[C@H](O)C([S@](=O)c2ccc(Cl)cc2)=C1Cl. The third kappa shape index (κ3) is 2.37. The summed E-state index contributed by atoms with van der Waals surface area (Å²) < 4.78 is 16.5. The number of benzene rings is 1. The maximum absolute atomic E-state index is 12.1. The normalized spacial score (nSPS) is 21.6. The number of cyclic esters (lactones) is 1. The smallest absolute Gasteiger partial charge is 0.353 e. The molecule has 7 heteroatoms. The van der Waals surface area contributed by atoms with Crippen molar-refractivity contribution in [3.63, 3.8) is 0 Å². The summed E-state index contributed by atoms with van der Waals surface area (Å²) in [6.07, 6.45) is -1.56. The molecule has 0 saturated heterocycles. The fourth-order valence-corrected chi connectivity index (χ4v) is 2.86. The van der Waals surface area contributed by atoms with Gasteiger partial charge >= 0.3 is 5.97 Å². The molecule has 0 spiro atoms. The number of hydrogen-bond donors (Lipinski definition) is 1. The van der Waals surface area contributed by atoms with Crippen LogP contribution >= 0.6 is 23.2 Å². The molecule has 17 heavy (non-hydrogen) atoms. The van der Waals surface area contributed by atoms with Crippen molar-refractivity contribution in [3.8, 4) is 0 Å². The molecule has 90 valence electrons. The van der Waals surface area contributed by atoms with Gasteiger partial charge in [-0.1, -0.05) is 23.2 Å². The Bertz CT molecular complexity index is 524. The molecule has 0 aliphatic carbocycles. The Morgan fingerprint density at radius 2 is 1.82 bits per heavy atom. The lowest BCUT2D eigenvalue weighted by atomic mass is 10.4. The Morgan fingerprint density at radius 1 is 1.24 bits per heavy atom. The Kier molecular flexibility index (Phi) is 3.53. The Labute approximate surface area is 109 Å². The Hall–Kier alpha value is -0.880. The molecule has 1 N–H and O–H groups in total. The van der Waals surface area contributed by atoms with E-state index in [0.717, 1.165) is 0 Å². The van der Waals surface area contributed by atoms with E-state index >= 15 is 0 Å². The topological polar surface area (TPSA) is 63.6 Å². The van der Waals surface area contributed by atoms with Crippen LogP contribution in [-0.2, 0) is 20.3 Å². The number of carbonyl (C=O) groups is 1. The van der Waals surface area contributed by atoms with E-state index in [9.17, 15) is 14.1 Å². The lowest BCUT2D eigenvalue weighted by Gasteiger charge is -2.06. The zero-order valence-electron chi connectivity index (χ0n) is 8.22. The molecule has 1 aromatic carbocycles. The molecule has 0 amide bonds. The van der Waals surface area contributed by atoms with Crippen LogP contribution in [0.1, 0.15) is 0 Å². The van der Waals surface area contributed by atoms with E-state index in [4.69, 9.17) is 23.2 Å². The van der Waals surface area contributed by atoms with Gasteiger partial charge in [-0.3, -0.25) is 0 Å². The van der Waals surface area contributed by atoms with Crippen molar-refractivity contribution >= 4 is 40.0 Å². The predicted octanol–water partition coefficient (Wildman–Crippen LogP) is 1.77. The third-order valence-electron chi connectivity index (χ3n) is 2.07. The van der Waals surface area contributed by atoms with Gasteiger partial charge in [0.25, 0.3) is 0 Å². The fourth-order valence-electron chi connectivity index (χ4n) is 1.27. The minimum Gasteiger partial charge on any atom is -0.426 e. The molecule has 1 aliphatic rings. The molecule has 0 radical (unpaired) electrons. The van der Waals surface area contributed by atoms with Crippen LogP contribution in [0.4, 0.5) is 0 Å². The van der Waals surface area contributed by atoms with Crippen LogP contribution < -0.4 is 0 Å². The van der Waals surface area contributed by atoms with E-state index in [0.29, 0.717) is 9.92 Å². The molecule has 0 aromatic heterocycles. The first-order chi connectivity index (χ1) is 8.00. The number of ether oxygens (including phenoxy) is 1. The standard InChI is InChI=1S/C10H6Cl2O4S/c11-5-1-3-6(4-2-5)17(15)8-7(12)9(13)16-10(8)14/h1-4,10,14H/t10-,17+/m0/s1. The van der Waals surface area contributed by atoms with Crippen molar-refractivity contribution in [2.45, 2.75) is 11.2 Å². The van der Waals surface area contributed by atoms with Crippen molar-refractivity contribution < 1.29 is 18.8 Å². The zero-order valence-corrected chi connectivity index (χ0v) is 10.6. The predicted molar refractivity (Wildman–Crippen MR) is 62.8 cm³/mol. The molecule has 1 heterocycles. The number of rotatable bonds is 2. The van der Waals surface area contributed by atoms with E-state index < -0.39 is 23.1 Å². The van der Waals surface area contributed by atoms with Gasteiger partial charge in [0, 0.05) is 9.92 Å². The summed E-state index contributed by atoms with van der Waals surface area (Å²) in [5.41, 5.74) is 0. The number of esters is 1. The van der Waals surface area contributed by atoms with E-state index in [1.54, 1.807) is 12.1 Å². The molecular formula is C10H6Cl2O4S. The highest BCUT2D eigenvalue weighted by molar-refractivity contribution is 7.89. The van der Waals surface area contributed by atoms with Gasteiger partial charge in [0.2, 0.25) is 6.29 Å². The van der Waals surface area contributed by atoms with Gasteiger partial charge in [-0.25, -0.2) is 9.00 Å². The average Bonchev–Trinajstić information content (AvgIpc) is 2.53. The second-order valence-electron chi connectivity index (χ2n) is 3.16. The van der Waals surface area contributed by atoms with E-state index in [-0.39, 0.29) is 9.94 Å². The molecule has 0 bridgehead atoms. The van der Waals surface area contributed by atoms with Crippen LogP contribution in [0.15, 0.2) is 39.1 Å². The van der Waals surface area contributed by atoms with Crippen molar-refractivity contribution in [3.05, 3.63) is 39.2 Å². The Balaban J connectivity index is 2.38. The molecule has 2 atom stereocenters. The van der Waals surface area contributed by atoms with Gasteiger partial charge in [0.15, 0.2) is 0 Å². The first-order valence-corrected chi connectivity index (χ1v) is 6.37. The zero-order chi connectivity index (χ0) is 12.6. The highest BCUT2D eigenvalue weighted by atomic mass is 35.5. The maximum atomic E-state index is 12.1. The monoisotopic (exact) mass is 292 g/mol. The van der Waals surface area contributed by atoms with Gasteiger partial charge < -0.3 is 9.84 Å². The van der Waals surface area contributed by atoms with Crippen LogP contribution in [-0.4, -0.2) is 21.6 Å². The lowest BCUT2D eigenvalue weighted by molar-refractivity contribution is -0.150. The molecule has 4 nitrogen and oxygen atoms in total. The van der Waals surface area contributed by atoms with Crippen LogP contribution in [0.3, 0.4) is 0 Å². The lowest BCUT2D eigenvalue weighted by Crippen LogP contribution is -2.13. The van der Waals surface area contributed by atoms with Gasteiger partial charge in [0.05, 0.1) is 10.8 Å². The summed E-state index contributed by atoms with van der Waals surface area (Å²) in [5, 5.41) is 9.56. The molecule has 0 saturated carbocycles. The van der Waals surface area contributed by atoms with Crippen molar-refractivity contribution in [2.75, 3.05) is 0 Å². The van der Waals surface area contributed by atoms with Crippen LogP contribution in [0.5, 0.6) is 0 Å². The summed E-state index contributed by atoms with van der Waals surface area (Å²) >= 11 is 11.3. The van der Waals surface area contributed by atoms with Crippen LogP contribution in [0.25, 0.3) is 0 Å². The highest BCUT2D eigenvalue weighted by Crippen LogP contribution is 2.30. The quantitative estimate of drug-likeness (QED) is 0.844. The molecule has 0 unspecified atom stereocenters. The number of halogens is 2. The van der Waals surface area contributed by atoms with Crippen molar-refractivity contribution in [2.24, 2.45) is 0 Å². The minimum absolute atomic E-state index is 0.140. The second-order valence-corrected chi connectivity index (χ2v) is 5.42. The number of hydrogen-bond acceptors (Lipinski definition) is 4. The van der Waals surface area contributed by atoms with Crippen molar-refractivity contribution in [1.29, 1.82) is 0 Å². The molecule has 1 aliphatic heterocycles. The van der Waals surface area contributed by atoms with Crippen molar-refractivity contribution in [1.82, 2.24) is 0 Å². The summed E-state index contributed by atoms with van der Waals surface area (Å²) in [4.78, 5) is 11.3. The third-order valence-corrected chi connectivity index (χ3v) is 4.29. The average molecular weight is 293 g/mol. The Morgan fingerprint density at radius 3 is 2.29 bits per heavy atom. The fraction of sp³-hybridized carbons (Fsp3) is 0.100. The first kappa shape index (κ1) is 12.6. The largest absolute Gasteiger partial charge is 0.426 e. The number of aliphatic hydroxyl groups is 1. The van der Waals surface area contributed by atoms with Crippen LogP contribution in [0, 0.1) is 0 Å². The highest BCUT2D eigenvalue weighted by Gasteiger charge is 2.36. The minimum atomic E-state index is -1.75. The van der Waals surface area contributed by atoms with Crippen LogP contribution in [0.2, 0.25) is 5.02 Å². The molecule has 2 rings (SSSR count). The first-order valence-electron chi connectivity index (χ1n) is 4.47. The summed E-state index contributed by atoms with van der Waals surface area (Å²) in [7, 11) is -1.75. The molecule has 0 fully saturated rings. The van der Waals surface area contributed by atoms with E-state index in [1.165, 1.54) is 12.1 Å². The number of carbonyl (C=O) groups excluding carboxylic acids is 1. The summed E-state index contributed by atoms with van der Waals surface area (Å²) in [6.45, 7) is 0. The number of aliphatic hydroxyl groups excluding tert-OH is 1. The van der Waals surface area contributed by atoms with Gasteiger partial charge in [-0.15, -0.1) is 0 Å².